The van der Waals surface area contributed by atoms with E-state index in [0.717, 1.165) is 43.9 Å². The number of hydrogen-bond acceptors (Lipinski definition) is 4. The highest BCUT2D eigenvalue weighted by Crippen LogP contribution is 2.24. The van der Waals surface area contributed by atoms with Crippen LogP contribution in [0.2, 0.25) is 0 Å². The molecular weight excluding hydrogens is 314 g/mol. The molecule has 0 aliphatic carbocycles. The summed E-state index contributed by atoms with van der Waals surface area (Å²) in [6, 6.07) is 9.93. The van der Waals surface area contributed by atoms with Crippen molar-refractivity contribution in [3.63, 3.8) is 0 Å². The van der Waals surface area contributed by atoms with Crippen molar-refractivity contribution in [2.45, 2.75) is 19.4 Å². The smallest absolute Gasteiger partial charge is 0.226 e. The summed E-state index contributed by atoms with van der Waals surface area (Å²) >= 11 is 0. The van der Waals surface area contributed by atoms with Crippen LogP contribution in [-0.4, -0.2) is 46.5 Å². The minimum absolute atomic E-state index is 0.0714. The molecule has 128 valence electrons. The molecule has 6 heteroatoms. The van der Waals surface area contributed by atoms with Crippen molar-refractivity contribution in [1.29, 1.82) is 5.26 Å². The van der Waals surface area contributed by atoms with Gasteiger partial charge < -0.3 is 14.4 Å². The molecule has 2 aliphatic heterocycles. The second-order valence-corrected chi connectivity index (χ2v) is 6.71. The molecule has 1 aromatic heterocycles. The molecule has 2 aliphatic rings. The average Bonchev–Trinajstić information content (AvgIpc) is 3.15. The Morgan fingerprint density at radius 3 is 2.76 bits per heavy atom. The van der Waals surface area contributed by atoms with Gasteiger partial charge in [-0.15, -0.1) is 0 Å². The molecule has 0 N–H and O–H groups in total. The largest absolute Gasteiger partial charge is 0.367 e. The van der Waals surface area contributed by atoms with Gasteiger partial charge >= 0.3 is 0 Å². The number of hydrogen-bond donors (Lipinski definition) is 0. The van der Waals surface area contributed by atoms with Crippen molar-refractivity contribution in [3.8, 4) is 6.07 Å². The third-order valence-electron chi connectivity index (χ3n) is 5.28. The minimum atomic E-state index is 0.0714. The van der Waals surface area contributed by atoms with Gasteiger partial charge in [-0.2, -0.15) is 5.26 Å². The zero-order chi connectivity index (χ0) is 17.2. The Balaban J connectivity index is 1.39. The molecule has 1 fully saturated rings. The van der Waals surface area contributed by atoms with Crippen LogP contribution in [0.1, 0.15) is 17.7 Å². The number of imidazole rings is 1. The van der Waals surface area contributed by atoms with Crippen LogP contribution in [0.15, 0.2) is 36.8 Å². The first kappa shape index (κ1) is 15.7. The molecular formula is C19H21N5O. The van der Waals surface area contributed by atoms with Gasteiger partial charge in [0, 0.05) is 57.0 Å². The van der Waals surface area contributed by atoms with Crippen molar-refractivity contribution >= 4 is 11.6 Å². The first-order valence-corrected chi connectivity index (χ1v) is 8.78. The molecule has 0 radical (unpaired) electrons. The summed E-state index contributed by atoms with van der Waals surface area (Å²) in [6.45, 7) is 3.86. The number of aromatic nitrogens is 2. The number of aryl methyl sites for hydroxylation is 1. The maximum absolute atomic E-state index is 12.9. The number of amides is 1. The highest BCUT2D eigenvalue weighted by Gasteiger charge is 2.30. The number of piperazine rings is 1. The van der Waals surface area contributed by atoms with Gasteiger partial charge in [0.05, 0.1) is 17.6 Å². The van der Waals surface area contributed by atoms with E-state index in [1.54, 1.807) is 0 Å². The van der Waals surface area contributed by atoms with E-state index in [0.29, 0.717) is 18.7 Å². The Bertz CT molecular complexity index is 813. The number of nitrogens with zero attached hydrogens (tertiary/aromatic N) is 5. The van der Waals surface area contributed by atoms with Crippen molar-refractivity contribution in [2.24, 2.45) is 5.92 Å². The summed E-state index contributed by atoms with van der Waals surface area (Å²) in [4.78, 5) is 21.2. The number of anilines is 1. The van der Waals surface area contributed by atoms with Crippen molar-refractivity contribution in [3.05, 3.63) is 48.0 Å². The Kier molecular flexibility index (Phi) is 4.14. The van der Waals surface area contributed by atoms with Crippen molar-refractivity contribution < 1.29 is 4.79 Å². The van der Waals surface area contributed by atoms with Gasteiger partial charge in [-0.25, -0.2) is 4.98 Å². The summed E-state index contributed by atoms with van der Waals surface area (Å²) in [6.07, 6.45) is 5.40. The number of para-hydroxylation sites is 1. The molecule has 6 nitrogen and oxygen atoms in total. The average molecular weight is 335 g/mol. The van der Waals surface area contributed by atoms with Gasteiger partial charge in [0.1, 0.15) is 6.07 Å². The number of carbonyl (C=O) groups is 1. The fourth-order valence-electron chi connectivity index (χ4n) is 3.85. The summed E-state index contributed by atoms with van der Waals surface area (Å²) in [5.74, 6) is 0.336. The van der Waals surface area contributed by atoms with Gasteiger partial charge in [-0.1, -0.05) is 12.1 Å². The number of carbonyl (C=O) groups excluding carboxylic acids is 1. The predicted octanol–water partition coefficient (Wildman–Crippen LogP) is 1.67. The summed E-state index contributed by atoms with van der Waals surface area (Å²) < 4.78 is 2.14. The van der Waals surface area contributed by atoms with Gasteiger partial charge in [0.25, 0.3) is 0 Å². The zero-order valence-corrected chi connectivity index (χ0v) is 14.1. The monoisotopic (exact) mass is 335 g/mol. The van der Waals surface area contributed by atoms with Crippen LogP contribution in [0.4, 0.5) is 5.69 Å². The van der Waals surface area contributed by atoms with Crippen molar-refractivity contribution in [1.82, 2.24) is 14.5 Å². The van der Waals surface area contributed by atoms with Crippen LogP contribution < -0.4 is 4.90 Å². The lowest BCUT2D eigenvalue weighted by Crippen LogP contribution is -2.51. The number of benzene rings is 1. The molecule has 0 saturated carbocycles. The Morgan fingerprint density at radius 2 is 1.96 bits per heavy atom. The van der Waals surface area contributed by atoms with Gasteiger partial charge in [-0.3, -0.25) is 4.79 Å². The molecule has 2 aromatic rings. The summed E-state index contributed by atoms with van der Waals surface area (Å²) in [5.41, 5.74) is 2.83. The van der Waals surface area contributed by atoms with Crippen LogP contribution in [0, 0.1) is 17.2 Å². The predicted molar refractivity (Wildman–Crippen MR) is 94.0 cm³/mol. The Labute approximate surface area is 147 Å². The maximum Gasteiger partial charge on any atom is 0.226 e. The molecule has 1 amide bonds. The molecule has 0 bridgehead atoms. The number of rotatable bonds is 2. The van der Waals surface area contributed by atoms with E-state index < -0.39 is 0 Å². The first-order valence-electron chi connectivity index (χ1n) is 8.78. The van der Waals surface area contributed by atoms with Gasteiger partial charge in [0.2, 0.25) is 5.91 Å². The second kappa shape index (κ2) is 6.60. The van der Waals surface area contributed by atoms with E-state index in [-0.39, 0.29) is 11.8 Å². The van der Waals surface area contributed by atoms with Crippen LogP contribution >= 0.6 is 0 Å². The Morgan fingerprint density at radius 1 is 1.16 bits per heavy atom. The SMILES string of the molecule is N#Cc1ccccc1N1CCN(C(=O)C2CCn3cncc3C2)CC1. The second-order valence-electron chi connectivity index (χ2n) is 6.71. The van der Waals surface area contributed by atoms with Gasteiger partial charge in [0.15, 0.2) is 0 Å². The number of nitriles is 1. The molecule has 3 heterocycles. The van der Waals surface area contributed by atoms with Crippen LogP contribution in [0.25, 0.3) is 0 Å². The van der Waals surface area contributed by atoms with Crippen LogP contribution in [0.3, 0.4) is 0 Å². The van der Waals surface area contributed by atoms with E-state index in [1.165, 1.54) is 0 Å². The van der Waals surface area contributed by atoms with Gasteiger partial charge in [-0.05, 0) is 18.6 Å². The summed E-state index contributed by atoms with van der Waals surface area (Å²) in [7, 11) is 0. The van der Waals surface area contributed by atoms with Crippen molar-refractivity contribution in [2.75, 3.05) is 31.1 Å². The molecule has 1 saturated heterocycles. The lowest BCUT2D eigenvalue weighted by molar-refractivity contribution is -0.136. The third-order valence-corrected chi connectivity index (χ3v) is 5.28. The van der Waals surface area contributed by atoms with E-state index in [4.69, 9.17) is 0 Å². The van der Waals surface area contributed by atoms with E-state index in [1.807, 2.05) is 41.7 Å². The maximum atomic E-state index is 12.9. The fraction of sp³-hybridized carbons (Fsp3) is 0.421. The lowest BCUT2D eigenvalue weighted by Gasteiger charge is -2.38. The van der Waals surface area contributed by atoms with E-state index in [9.17, 15) is 10.1 Å². The van der Waals surface area contributed by atoms with Crippen LogP contribution in [0.5, 0.6) is 0 Å². The third kappa shape index (κ3) is 2.98. The molecule has 0 spiro atoms. The molecule has 4 rings (SSSR count). The van der Waals surface area contributed by atoms with E-state index in [2.05, 4.69) is 20.5 Å². The molecule has 1 unspecified atom stereocenters. The minimum Gasteiger partial charge on any atom is -0.367 e. The summed E-state index contributed by atoms with van der Waals surface area (Å²) in [5, 5.41) is 9.27. The number of fused-ring (bicyclic) bond motifs is 1. The highest BCUT2D eigenvalue weighted by atomic mass is 16.2. The molecule has 1 atom stereocenters. The standard InChI is InChI=1S/C19H21N5O/c20-12-16-3-1-2-4-18(16)22-7-9-23(10-8-22)19(25)15-5-6-24-14-21-13-17(24)11-15/h1-4,13-15H,5-11H2. The quantitative estimate of drug-likeness (QED) is 0.837. The van der Waals surface area contributed by atoms with Crippen LogP contribution in [-0.2, 0) is 17.8 Å². The normalized spacial score (nSPS) is 20.0. The Hall–Kier alpha value is -2.81. The zero-order valence-electron chi connectivity index (χ0n) is 14.1. The lowest BCUT2D eigenvalue weighted by atomic mass is 9.94. The van der Waals surface area contributed by atoms with E-state index >= 15 is 0 Å². The topological polar surface area (TPSA) is 65.2 Å². The molecule has 25 heavy (non-hydrogen) atoms. The fourth-order valence-corrected chi connectivity index (χ4v) is 3.85. The molecule has 1 aromatic carbocycles. The first-order chi connectivity index (χ1) is 12.3. The highest BCUT2D eigenvalue weighted by molar-refractivity contribution is 5.79.